The van der Waals surface area contributed by atoms with E-state index in [1.165, 1.54) is 0 Å². The highest BCUT2D eigenvalue weighted by Crippen LogP contribution is 2.27. The van der Waals surface area contributed by atoms with Crippen LogP contribution < -0.4 is 10.6 Å². The van der Waals surface area contributed by atoms with Gasteiger partial charge in [-0.3, -0.25) is 9.48 Å². The molecule has 3 rings (SSSR count). The van der Waals surface area contributed by atoms with Crippen molar-refractivity contribution in [3.8, 4) is 0 Å². The van der Waals surface area contributed by atoms with Crippen LogP contribution in [0.2, 0.25) is 0 Å². The van der Waals surface area contributed by atoms with E-state index in [0.717, 1.165) is 36.0 Å². The van der Waals surface area contributed by atoms with Gasteiger partial charge in [0.25, 0.3) is 0 Å². The zero-order valence-electron chi connectivity index (χ0n) is 13.5. The summed E-state index contributed by atoms with van der Waals surface area (Å²) in [6, 6.07) is 8.44. The fourth-order valence-corrected chi connectivity index (χ4v) is 3.29. The van der Waals surface area contributed by atoms with Crippen LogP contribution in [0, 0.1) is 0 Å². The highest BCUT2D eigenvalue weighted by atomic mass is 16.1. The van der Waals surface area contributed by atoms with Gasteiger partial charge in [-0.05, 0) is 39.3 Å². The molecule has 1 atom stereocenters. The van der Waals surface area contributed by atoms with Crippen molar-refractivity contribution in [2.24, 2.45) is 7.05 Å². The summed E-state index contributed by atoms with van der Waals surface area (Å²) in [7, 11) is 1.94. The number of hydrogen-bond donors (Lipinski definition) is 2. The smallest absolute Gasteiger partial charge is 0.222 e. The van der Waals surface area contributed by atoms with Gasteiger partial charge >= 0.3 is 0 Å². The van der Waals surface area contributed by atoms with Gasteiger partial charge < -0.3 is 10.6 Å². The predicted molar refractivity (Wildman–Crippen MR) is 87.5 cm³/mol. The zero-order valence-corrected chi connectivity index (χ0v) is 13.5. The van der Waals surface area contributed by atoms with Crippen LogP contribution in [0.3, 0.4) is 0 Å². The van der Waals surface area contributed by atoms with Gasteiger partial charge in [-0.1, -0.05) is 18.2 Å². The molecule has 2 heterocycles. The van der Waals surface area contributed by atoms with Gasteiger partial charge in [-0.15, -0.1) is 0 Å². The highest BCUT2D eigenvalue weighted by molar-refractivity contribution is 5.84. The van der Waals surface area contributed by atoms with Crippen LogP contribution in [-0.2, 0) is 17.4 Å². The highest BCUT2D eigenvalue weighted by Gasteiger charge is 2.29. The molecule has 1 fully saturated rings. The van der Waals surface area contributed by atoms with Crippen molar-refractivity contribution in [2.75, 3.05) is 6.54 Å². The van der Waals surface area contributed by atoms with Crippen LogP contribution in [0.5, 0.6) is 0 Å². The second-order valence-electron chi connectivity index (χ2n) is 6.66. The number of carbonyl (C=O) groups is 1. The fourth-order valence-electron chi connectivity index (χ4n) is 3.29. The lowest BCUT2D eigenvalue weighted by Gasteiger charge is -2.25. The van der Waals surface area contributed by atoms with E-state index in [2.05, 4.69) is 21.8 Å². The third-order valence-corrected chi connectivity index (χ3v) is 4.40. The van der Waals surface area contributed by atoms with Crippen molar-refractivity contribution in [1.29, 1.82) is 0 Å². The van der Waals surface area contributed by atoms with E-state index in [1.54, 1.807) is 0 Å². The number of hydrogen-bond acceptors (Lipinski definition) is 3. The van der Waals surface area contributed by atoms with Gasteiger partial charge in [0.1, 0.15) is 0 Å². The van der Waals surface area contributed by atoms with E-state index < -0.39 is 5.54 Å². The summed E-state index contributed by atoms with van der Waals surface area (Å²) in [6.07, 6.45) is 2.78. The largest absolute Gasteiger partial charge is 0.345 e. The molecule has 2 aromatic rings. The maximum absolute atomic E-state index is 12.3. The lowest BCUT2D eigenvalue weighted by Crippen LogP contribution is -2.43. The average Bonchev–Trinajstić information content (AvgIpc) is 3.07. The predicted octanol–water partition coefficient (Wildman–Crippen LogP) is 2.07. The molecule has 1 amide bonds. The quantitative estimate of drug-likeness (QED) is 0.909. The number of rotatable bonds is 4. The number of benzene rings is 1. The molecule has 0 unspecified atom stereocenters. The molecule has 0 bridgehead atoms. The molecule has 0 radical (unpaired) electrons. The summed E-state index contributed by atoms with van der Waals surface area (Å²) >= 11 is 0. The summed E-state index contributed by atoms with van der Waals surface area (Å²) < 4.78 is 1.87. The van der Waals surface area contributed by atoms with Crippen molar-refractivity contribution >= 4 is 16.8 Å². The Morgan fingerprint density at radius 3 is 2.95 bits per heavy atom. The molecule has 22 heavy (non-hydrogen) atoms. The maximum atomic E-state index is 12.3. The average molecular weight is 300 g/mol. The Labute approximate surface area is 131 Å². The molecule has 1 aliphatic heterocycles. The Bertz CT molecular complexity index is 683. The van der Waals surface area contributed by atoms with Crippen LogP contribution in [0.1, 0.15) is 38.8 Å². The number of amides is 1. The summed E-state index contributed by atoms with van der Waals surface area (Å²) in [5.74, 6) is 0.0825. The first kappa shape index (κ1) is 15.0. The number of aromatic nitrogens is 2. The van der Waals surface area contributed by atoms with E-state index in [0.29, 0.717) is 12.5 Å². The molecule has 1 aromatic carbocycles. The lowest BCUT2D eigenvalue weighted by atomic mass is 9.96. The molecule has 5 heteroatoms. The number of carbonyl (C=O) groups excluding carboxylic acids is 1. The summed E-state index contributed by atoms with van der Waals surface area (Å²) in [5.41, 5.74) is 1.51. The fraction of sp³-hybridized carbons (Fsp3) is 0.529. The van der Waals surface area contributed by atoms with E-state index in [1.807, 2.05) is 43.8 Å². The third kappa shape index (κ3) is 2.86. The molecule has 0 saturated carbocycles. The minimum atomic E-state index is -0.490. The lowest BCUT2D eigenvalue weighted by molar-refractivity contribution is -0.123. The van der Waals surface area contributed by atoms with Crippen LogP contribution in [0.15, 0.2) is 24.3 Å². The van der Waals surface area contributed by atoms with E-state index in [-0.39, 0.29) is 5.91 Å². The topological polar surface area (TPSA) is 59.0 Å². The molecule has 0 aliphatic carbocycles. The number of nitrogens with zero attached hydrogens (tertiary/aromatic N) is 2. The minimum Gasteiger partial charge on any atom is -0.345 e. The van der Waals surface area contributed by atoms with E-state index in [9.17, 15) is 4.79 Å². The van der Waals surface area contributed by atoms with Crippen molar-refractivity contribution in [3.63, 3.8) is 0 Å². The second kappa shape index (κ2) is 5.72. The number of aryl methyl sites for hydroxylation is 1. The van der Waals surface area contributed by atoms with Crippen molar-refractivity contribution < 1.29 is 4.79 Å². The van der Waals surface area contributed by atoms with Gasteiger partial charge in [-0.2, -0.15) is 5.10 Å². The summed E-state index contributed by atoms with van der Waals surface area (Å²) in [4.78, 5) is 12.3. The van der Waals surface area contributed by atoms with E-state index >= 15 is 0 Å². The summed E-state index contributed by atoms with van der Waals surface area (Å²) in [5, 5.41) is 12.2. The molecule has 2 N–H and O–H groups in total. The molecular formula is C17H24N4O. The molecule has 1 aliphatic rings. The van der Waals surface area contributed by atoms with Crippen molar-refractivity contribution in [1.82, 2.24) is 20.4 Å². The van der Waals surface area contributed by atoms with Crippen LogP contribution >= 0.6 is 0 Å². The molecule has 5 nitrogen and oxygen atoms in total. The number of fused-ring (bicyclic) bond motifs is 1. The number of nitrogens with one attached hydrogen (secondary N) is 2. The van der Waals surface area contributed by atoms with Gasteiger partial charge in [-0.25, -0.2) is 0 Å². The normalized spacial score (nSPS) is 18.8. The monoisotopic (exact) mass is 300 g/mol. The third-order valence-electron chi connectivity index (χ3n) is 4.40. The molecule has 0 spiro atoms. The van der Waals surface area contributed by atoms with Crippen LogP contribution in [0.4, 0.5) is 0 Å². The zero-order chi connectivity index (χ0) is 15.7. The molecule has 118 valence electrons. The van der Waals surface area contributed by atoms with E-state index in [4.69, 9.17) is 0 Å². The SMILES string of the molecule is Cn1nc(C(C)(C)NC(=O)C[C@@H]2CCCN2)c2ccccc21. The maximum Gasteiger partial charge on any atom is 0.222 e. The Kier molecular flexibility index (Phi) is 3.91. The first-order valence-corrected chi connectivity index (χ1v) is 7.94. The molecule has 1 saturated heterocycles. The first-order valence-electron chi connectivity index (χ1n) is 7.94. The Hall–Kier alpha value is -1.88. The Morgan fingerprint density at radius 2 is 2.23 bits per heavy atom. The van der Waals surface area contributed by atoms with Gasteiger partial charge in [0, 0.05) is 24.9 Å². The summed E-state index contributed by atoms with van der Waals surface area (Å²) in [6.45, 7) is 5.05. The number of para-hydroxylation sites is 1. The molecule has 1 aromatic heterocycles. The minimum absolute atomic E-state index is 0.0825. The Balaban J connectivity index is 1.80. The Morgan fingerprint density at radius 1 is 1.45 bits per heavy atom. The molecular weight excluding hydrogens is 276 g/mol. The van der Waals surface area contributed by atoms with Crippen LogP contribution in [-0.4, -0.2) is 28.3 Å². The van der Waals surface area contributed by atoms with Gasteiger partial charge in [0.15, 0.2) is 0 Å². The van der Waals surface area contributed by atoms with Crippen molar-refractivity contribution in [2.45, 2.75) is 44.7 Å². The van der Waals surface area contributed by atoms with Gasteiger partial charge in [0.05, 0.1) is 16.7 Å². The van der Waals surface area contributed by atoms with Crippen LogP contribution in [0.25, 0.3) is 10.9 Å². The standard InChI is InChI=1S/C17H24N4O/c1-17(2,19-15(22)11-12-7-6-10-18-12)16-13-8-4-5-9-14(13)21(3)20-16/h4-5,8-9,12,18H,6-7,10-11H2,1-3H3,(H,19,22)/t12-/m0/s1. The van der Waals surface area contributed by atoms with Crippen molar-refractivity contribution in [3.05, 3.63) is 30.0 Å². The first-order chi connectivity index (χ1) is 10.5. The second-order valence-corrected chi connectivity index (χ2v) is 6.66. The van der Waals surface area contributed by atoms with Gasteiger partial charge in [0.2, 0.25) is 5.91 Å².